The van der Waals surface area contributed by atoms with Crippen molar-refractivity contribution < 1.29 is 4.74 Å². The van der Waals surface area contributed by atoms with Gasteiger partial charge in [0.05, 0.1) is 18.0 Å². The fraction of sp³-hybridized carbons (Fsp3) is 0.520. The lowest BCUT2D eigenvalue weighted by Gasteiger charge is -2.40. The first-order valence-corrected chi connectivity index (χ1v) is 11.4. The van der Waals surface area contributed by atoms with Crippen LogP contribution in [0.2, 0.25) is 0 Å². The molecule has 4 nitrogen and oxygen atoms in total. The average molecular weight is 390 g/mol. The minimum Gasteiger partial charge on any atom is -0.493 e. The minimum atomic E-state index is 0.629. The van der Waals surface area contributed by atoms with Crippen molar-refractivity contribution in [1.29, 1.82) is 0 Å². The van der Waals surface area contributed by atoms with Gasteiger partial charge in [0.2, 0.25) is 0 Å². The molecule has 3 atom stereocenters. The van der Waals surface area contributed by atoms with Crippen molar-refractivity contribution in [2.75, 3.05) is 43.1 Å². The topological polar surface area (TPSA) is 27.7 Å². The maximum Gasteiger partial charge on any atom is 0.125 e. The van der Waals surface area contributed by atoms with E-state index in [4.69, 9.17) is 4.74 Å². The van der Waals surface area contributed by atoms with Crippen LogP contribution in [0, 0.1) is 0 Å². The van der Waals surface area contributed by atoms with Gasteiger partial charge in [0.1, 0.15) is 5.75 Å². The molecule has 1 unspecified atom stereocenters. The Hall–Kier alpha value is -2.20. The maximum absolute atomic E-state index is 5.88. The molecule has 0 aromatic heterocycles. The van der Waals surface area contributed by atoms with Crippen molar-refractivity contribution in [2.45, 2.75) is 50.1 Å². The molecule has 1 aliphatic carbocycles. The van der Waals surface area contributed by atoms with Crippen molar-refractivity contribution >= 4 is 11.4 Å². The lowest BCUT2D eigenvalue weighted by molar-refractivity contribution is 0.309. The Kier molecular flexibility index (Phi) is 4.22. The van der Waals surface area contributed by atoms with E-state index >= 15 is 0 Å². The van der Waals surface area contributed by atoms with Crippen molar-refractivity contribution in [2.24, 2.45) is 0 Å². The van der Waals surface area contributed by atoms with E-state index in [2.05, 4.69) is 58.6 Å². The van der Waals surface area contributed by atoms with Gasteiger partial charge < -0.3 is 19.9 Å². The van der Waals surface area contributed by atoms with Crippen LogP contribution in [0.1, 0.15) is 41.9 Å². The standard InChI is InChI=1S/C25H31N3O/c1-27-13-14-28-22-9-8-19(16-21(22)20-6-3-7-23(27)24(20)28)26-12-10-17-4-2-5-18-11-15-29-25(17)18/h2-7,19,21-22,26H,8-16H2,1H3/t19?,21-,22-/m0/s1. The van der Waals surface area contributed by atoms with Gasteiger partial charge in [-0.2, -0.15) is 0 Å². The Morgan fingerprint density at radius 1 is 1.10 bits per heavy atom. The predicted octanol–water partition coefficient (Wildman–Crippen LogP) is 3.73. The zero-order chi connectivity index (χ0) is 19.4. The van der Waals surface area contributed by atoms with E-state index in [0.29, 0.717) is 18.0 Å². The highest BCUT2D eigenvalue weighted by Crippen LogP contribution is 2.52. The third-order valence-electron chi connectivity index (χ3n) is 7.66. The van der Waals surface area contributed by atoms with E-state index in [9.17, 15) is 0 Å². The largest absolute Gasteiger partial charge is 0.493 e. The molecular weight excluding hydrogens is 358 g/mol. The number of ether oxygens (including phenoxy) is 1. The van der Waals surface area contributed by atoms with Crippen LogP contribution in [0.15, 0.2) is 36.4 Å². The predicted molar refractivity (Wildman–Crippen MR) is 119 cm³/mol. The number of fused-ring (bicyclic) bond motifs is 4. The summed E-state index contributed by atoms with van der Waals surface area (Å²) < 4.78 is 5.88. The SMILES string of the molecule is CN1CCN2c3c(cccc31)[C@@H]1CC(NCCc3cccc4c3OCC4)CC[C@@H]12. The third kappa shape index (κ3) is 2.83. The summed E-state index contributed by atoms with van der Waals surface area (Å²) in [6.07, 6.45) is 6.00. The minimum absolute atomic E-state index is 0.629. The zero-order valence-corrected chi connectivity index (χ0v) is 17.4. The first kappa shape index (κ1) is 17.6. The highest BCUT2D eigenvalue weighted by molar-refractivity contribution is 5.80. The first-order valence-electron chi connectivity index (χ1n) is 11.4. The van der Waals surface area contributed by atoms with E-state index in [1.165, 1.54) is 48.3 Å². The Balaban J connectivity index is 1.14. The summed E-state index contributed by atoms with van der Waals surface area (Å²) in [4.78, 5) is 5.17. The number of hydrogen-bond acceptors (Lipinski definition) is 4. The molecule has 1 fully saturated rings. The molecule has 6 rings (SSSR count). The molecular formula is C25H31N3O. The second kappa shape index (κ2) is 6.94. The normalized spacial score (nSPS) is 26.7. The quantitative estimate of drug-likeness (QED) is 0.862. The summed E-state index contributed by atoms with van der Waals surface area (Å²) in [6.45, 7) is 4.21. The Labute approximate surface area is 173 Å². The lowest BCUT2D eigenvalue weighted by atomic mass is 9.79. The summed E-state index contributed by atoms with van der Waals surface area (Å²) >= 11 is 0. The van der Waals surface area contributed by atoms with Crippen LogP contribution >= 0.6 is 0 Å². The van der Waals surface area contributed by atoms with E-state index in [1.807, 2.05) is 0 Å². The van der Waals surface area contributed by atoms with Crippen molar-refractivity contribution in [3.8, 4) is 5.75 Å². The molecule has 1 N–H and O–H groups in total. The van der Waals surface area contributed by atoms with E-state index < -0.39 is 0 Å². The molecule has 0 amide bonds. The van der Waals surface area contributed by atoms with Gasteiger partial charge >= 0.3 is 0 Å². The van der Waals surface area contributed by atoms with E-state index in [1.54, 1.807) is 5.56 Å². The van der Waals surface area contributed by atoms with Gasteiger partial charge in [0.15, 0.2) is 0 Å². The fourth-order valence-corrected chi connectivity index (χ4v) is 6.23. The van der Waals surface area contributed by atoms with Crippen LogP contribution in [0.5, 0.6) is 5.75 Å². The third-order valence-corrected chi connectivity index (χ3v) is 7.66. The van der Waals surface area contributed by atoms with Crippen LogP contribution in [0.25, 0.3) is 0 Å². The molecule has 2 aromatic carbocycles. The van der Waals surface area contributed by atoms with Crippen LogP contribution < -0.4 is 19.9 Å². The molecule has 0 saturated heterocycles. The monoisotopic (exact) mass is 389 g/mol. The number of para-hydroxylation sites is 2. The maximum atomic E-state index is 5.88. The summed E-state index contributed by atoms with van der Waals surface area (Å²) in [5.41, 5.74) is 7.33. The van der Waals surface area contributed by atoms with Crippen LogP contribution in [-0.4, -0.2) is 45.4 Å². The summed E-state index contributed by atoms with van der Waals surface area (Å²) in [5, 5.41) is 3.89. The van der Waals surface area contributed by atoms with Crippen molar-refractivity contribution in [3.05, 3.63) is 53.1 Å². The molecule has 0 bridgehead atoms. The summed E-state index contributed by atoms with van der Waals surface area (Å²) in [5.74, 6) is 1.85. The number of hydrogen-bond donors (Lipinski definition) is 1. The lowest BCUT2D eigenvalue weighted by Crippen LogP contribution is -2.47. The summed E-state index contributed by atoms with van der Waals surface area (Å²) in [7, 11) is 2.24. The zero-order valence-electron chi connectivity index (χ0n) is 17.4. The highest BCUT2D eigenvalue weighted by atomic mass is 16.5. The van der Waals surface area contributed by atoms with E-state index in [-0.39, 0.29) is 0 Å². The highest BCUT2D eigenvalue weighted by Gasteiger charge is 2.44. The van der Waals surface area contributed by atoms with Crippen molar-refractivity contribution in [3.63, 3.8) is 0 Å². The Morgan fingerprint density at radius 3 is 3.00 bits per heavy atom. The van der Waals surface area contributed by atoms with Crippen LogP contribution in [0.3, 0.4) is 0 Å². The van der Waals surface area contributed by atoms with Gasteiger partial charge in [0.25, 0.3) is 0 Å². The molecule has 0 radical (unpaired) electrons. The van der Waals surface area contributed by atoms with Gasteiger partial charge in [0, 0.05) is 44.6 Å². The average Bonchev–Trinajstić information content (AvgIpc) is 3.35. The van der Waals surface area contributed by atoms with Gasteiger partial charge in [-0.3, -0.25) is 0 Å². The second-order valence-corrected chi connectivity index (χ2v) is 9.22. The smallest absolute Gasteiger partial charge is 0.125 e. The number of likely N-dealkylation sites (N-methyl/N-ethyl adjacent to an activating group) is 1. The number of benzene rings is 2. The molecule has 1 saturated carbocycles. The number of anilines is 2. The molecule has 152 valence electrons. The van der Waals surface area contributed by atoms with Gasteiger partial charge in [-0.1, -0.05) is 30.3 Å². The molecule has 4 aliphatic rings. The molecule has 29 heavy (non-hydrogen) atoms. The molecule has 0 spiro atoms. The molecule has 3 aliphatic heterocycles. The molecule has 4 heteroatoms. The van der Waals surface area contributed by atoms with Crippen molar-refractivity contribution in [1.82, 2.24) is 5.32 Å². The molecule has 2 aromatic rings. The van der Waals surface area contributed by atoms with Crippen LogP contribution in [0.4, 0.5) is 11.4 Å². The van der Waals surface area contributed by atoms with Crippen LogP contribution in [-0.2, 0) is 12.8 Å². The summed E-state index contributed by atoms with van der Waals surface area (Å²) in [6, 6.07) is 14.9. The molecule has 3 heterocycles. The Bertz CT molecular complexity index is 926. The Morgan fingerprint density at radius 2 is 2.03 bits per heavy atom. The second-order valence-electron chi connectivity index (χ2n) is 9.22. The number of nitrogens with one attached hydrogen (secondary N) is 1. The van der Waals surface area contributed by atoms with Gasteiger partial charge in [-0.25, -0.2) is 0 Å². The van der Waals surface area contributed by atoms with E-state index in [0.717, 1.165) is 38.3 Å². The van der Waals surface area contributed by atoms with Gasteiger partial charge in [-0.15, -0.1) is 0 Å². The van der Waals surface area contributed by atoms with Gasteiger partial charge in [-0.05, 0) is 55.0 Å². The number of nitrogens with zero attached hydrogens (tertiary/aromatic N) is 2. The number of rotatable bonds is 4. The fourth-order valence-electron chi connectivity index (χ4n) is 6.23. The first-order chi connectivity index (χ1) is 14.3.